The number of aromatic hydroxyl groups is 1. The summed E-state index contributed by atoms with van der Waals surface area (Å²) in [6, 6.07) is 11.7. The van der Waals surface area contributed by atoms with Gasteiger partial charge in [0.25, 0.3) is 0 Å². The molecule has 0 saturated carbocycles. The first-order valence-electron chi connectivity index (χ1n) is 9.04. The third kappa shape index (κ3) is 6.17. The van der Waals surface area contributed by atoms with Gasteiger partial charge in [0.1, 0.15) is 16.5 Å². The smallest absolute Gasteiger partial charge is 0.246 e. The van der Waals surface area contributed by atoms with E-state index in [1.54, 1.807) is 0 Å². The fourth-order valence-electron chi connectivity index (χ4n) is 2.81. The van der Waals surface area contributed by atoms with Crippen LogP contribution in [0.2, 0.25) is 0 Å². The Morgan fingerprint density at radius 1 is 1.14 bits per heavy atom. The molecular formula is C20H28ClN3O4S. The Bertz CT molecular complexity index is 931. The molecule has 0 aliphatic carbocycles. The van der Waals surface area contributed by atoms with Crippen LogP contribution in [-0.4, -0.2) is 48.5 Å². The number of hydrogen-bond donors (Lipinski definition) is 4. The molecular weight excluding hydrogens is 414 g/mol. The van der Waals surface area contributed by atoms with E-state index in [0.29, 0.717) is 12.3 Å². The van der Waals surface area contributed by atoms with Crippen molar-refractivity contribution in [1.29, 1.82) is 5.41 Å². The van der Waals surface area contributed by atoms with Crippen LogP contribution in [0, 0.1) is 5.41 Å². The largest absolute Gasteiger partial charge is 0.507 e. The molecule has 0 heterocycles. The van der Waals surface area contributed by atoms with Gasteiger partial charge in [-0.05, 0) is 41.7 Å². The summed E-state index contributed by atoms with van der Waals surface area (Å²) in [5.74, 6) is -0.304. The monoisotopic (exact) mass is 441 g/mol. The highest BCUT2D eigenvalue weighted by Gasteiger charge is 2.27. The van der Waals surface area contributed by atoms with Gasteiger partial charge in [-0.2, -0.15) is 4.31 Å². The van der Waals surface area contributed by atoms with E-state index in [9.17, 15) is 18.6 Å². The number of phenolic OH excluding ortho intramolecular Hbond substituents is 1. The lowest BCUT2D eigenvalue weighted by Gasteiger charge is -2.22. The van der Waals surface area contributed by atoms with Crippen LogP contribution in [0.25, 0.3) is 0 Å². The second-order valence-electron chi connectivity index (χ2n) is 6.87. The zero-order valence-electron chi connectivity index (χ0n) is 16.5. The molecule has 5 N–H and O–H groups in total. The van der Waals surface area contributed by atoms with Crippen LogP contribution in [0.4, 0.5) is 0 Å². The number of amidine groups is 1. The fraction of sp³-hybridized carbons (Fsp3) is 0.350. The summed E-state index contributed by atoms with van der Waals surface area (Å²) in [6.07, 6.45) is 0.463. The van der Waals surface area contributed by atoms with Crippen LogP contribution >= 0.6 is 12.4 Å². The maximum Gasteiger partial charge on any atom is 0.246 e. The minimum atomic E-state index is -4.07. The van der Waals surface area contributed by atoms with Crippen molar-refractivity contribution in [2.75, 3.05) is 19.7 Å². The van der Waals surface area contributed by atoms with Crippen LogP contribution < -0.4 is 5.73 Å². The number of sulfonamides is 1. The molecule has 0 unspecified atom stereocenters. The first kappa shape index (κ1) is 24.9. The van der Waals surface area contributed by atoms with Crippen LogP contribution in [-0.2, 0) is 16.4 Å². The zero-order valence-corrected chi connectivity index (χ0v) is 18.1. The van der Waals surface area contributed by atoms with E-state index in [1.165, 1.54) is 23.8 Å². The second-order valence-corrected chi connectivity index (χ2v) is 8.78. The van der Waals surface area contributed by atoms with Gasteiger partial charge in [0, 0.05) is 18.7 Å². The van der Waals surface area contributed by atoms with Crippen LogP contribution in [0.3, 0.4) is 0 Å². The topological polar surface area (TPSA) is 128 Å². The molecule has 0 saturated heterocycles. The molecule has 29 heavy (non-hydrogen) atoms. The third-order valence-corrected chi connectivity index (χ3v) is 6.46. The van der Waals surface area contributed by atoms with Gasteiger partial charge in [0.05, 0.1) is 6.61 Å². The van der Waals surface area contributed by atoms with E-state index in [2.05, 4.69) is 13.8 Å². The van der Waals surface area contributed by atoms with Crippen molar-refractivity contribution >= 4 is 28.3 Å². The van der Waals surface area contributed by atoms with Crippen molar-refractivity contribution in [2.45, 2.75) is 31.1 Å². The summed E-state index contributed by atoms with van der Waals surface area (Å²) in [4.78, 5) is -0.330. The summed E-state index contributed by atoms with van der Waals surface area (Å²) >= 11 is 0. The molecule has 160 valence electrons. The van der Waals surface area contributed by atoms with E-state index in [1.807, 2.05) is 24.3 Å². The number of benzene rings is 2. The lowest BCUT2D eigenvalue weighted by molar-refractivity contribution is 0.254. The summed E-state index contributed by atoms with van der Waals surface area (Å²) in [5.41, 5.74) is 7.81. The Balaban J connectivity index is 0.00000420. The summed E-state index contributed by atoms with van der Waals surface area (Å²) in [7, 11) is -4.07. The summed E-state index contributed by atoms with van der Waals surface area (Å²) < 4.78 is 27.2. The lowest BCUT2D eigenvalue weighted by Crippen LogP contribution is -2.35. The van der Waals surface area contributed by atoms with Gasteiger partial charge in [-0.3, -0.25) is 5.41 Å². The van der Waals surface area contributed by atoms with Crippen LogP contribution in [0.15, 0.2) is 47.4 Å². The van der Waals surface area contributed by atoms with Gasteiger partial charge in [-0.15, -0.1) is 12.4 Å². The van der Waals surface area contributed by atoms with Crippen molar-refractivity contribution in [3.63, 3.8) is 0 Å². The van der Waals surface area contributed by atoms with Crippen molar-refractivity contribution in [3.05, 3.63) is 59.2 Å². The highest BCUT2D eigenvalue weighted by Crippen LogP contribution is 2.27. The molecule has 0 atom stereocenters. The standard InChI is InChI=1S/C20H27N3O4S.ClH/c1-14(2)16-5-3-15(4-6-16)9-10-23(11-12-24)28(26,27)19-13-17(20(21)22)7-8-18(19)25;/h3-8,13-14,24-25H,9-12H2,1-2H3,(H3,21,22);1H. The minimum Gasteiger partial charge on any atom is -0.507 e. The summed E-state index contributed by atoms with van der Waals surface area (Å²) in [5, 5.41) is 26.9. The highest BCUT2D eigenvalue weighted by atomic mass is 35.5. The maximum atomic E-state index is 13.0. The molecule has 7 nitrogen and oxygen atoms in total. The molecule has 0 radical (unpaired) electrons. The normalized spacial score (nSPS) is 11.5. The molecule has 0 bridgehead atoms. The zero-order chi connectivity index (χ0) is 20.9. The number of nitrogen functional groups attached to an aromatic ring is 1. The Kier molecular flexibility index (Phi) is 9.10. The van der Waals surface area contributed by atoms with Gasteiger partial charge in [0.2, 0.25) is 10.0 Å². The average Bonchev–Trinajstić information content (AvgIpc) is 2.65. The highest BCUT2D eigenvalue weighted by molar-refractivity contribution is 7.89. The number of nitrogens with zero attached hydrogens (tertiary/aromatic N) is 1. The molecule has 0 fully saturated rings. The SMILES string of the molecule is CC(C)c1ccc(CCN(CCO)S(=O)(=O)c2cc(C(=N)N)ccc2O)cc1.Cl. The van der Waals surface area contributed by atoms with Crippen LogP contribution in [0.1, 0.15) is 36.5 Å². The first-order valence-corrected chi connectivity index (χ1v) is 10.5. The number of nitrogens with two attached hydrogens (primary N) is 1. The number of aliphatic hydroxyl groups excluding tert-OH is 1. The van der Waals surface area contributed by atoms with Gasteiger partial charge in [0.15, 0.2) is 0 Å². The lowest BCUT2D eigenvalue weighted by atomic mass is 10.0. The molecule has 0 aliphatic rings. The number of aliphatic hydroxyl groups is 1. The number of rotatable bonds is 9. The maximum absolute atomic E-state index is 13.0. The van der Waals surface area contributed by atoms with Crippen molar-refractivity contribution < 1.29 is 18.6 Å². The minimum absolute atomic E-state index is 0. The van der Waals surface area contributed by atoms with E-state index < -0.39 is 15.8 Å². The molecule has 0 aromatic heterocycles. The molecule has 0 aliphatic heterocycles. The third-order valence-electron chi connectivity index (χ3n) is 4.53. The van der Waals surface area contributed by atoms with E-state index in [4.69, 9.17) is 11.1 Å². The predicted octanol–water partition coefficient (Wildman–Crippen LogP) is 2.45. The van der Waals surface area contributed by atoms with E-state index >= 15 is 0 Å². The Hall–Kier alpha value is -2.13. The predicted molar refractivity (Wildman–Crippen MR) is 116 cm³/mol. The van der Waals surface area contributed by atoms with Gasteiger partial charge < -0.3 is 15.9 Å². The van der Waals surface area contributed by atoms with Crippen molar-refractivity contribution in [1.82, 2.24) is 4.31 Å². The Morgan fingerprint density at radius 2 is 1.76 bits per heavy atom. The molecule has 2 aromatic carbocycles. The van der Waals surface area contributed by atoms with E-state index in [-0.39, 0.29) is 48.4 Å². The molecule has 9 heteroatoms. The first-order chi connectivity index (χ1) is 13.2. The quantitative estimate of drug-likeness (QED) is 0.351. The molecule has 2 aromatic rings. The van der Waals surface area contributed by atoms with Crippen molar-refractivity contribution in [3.8, 4) is 5.75 Å². The number of halogens is 1. The second kappa shape index (κ2) is 10.6. The average molecular weight is 442 g/mol. The van der Waals surface area contributed by atoms with Crippen molar-refractivity contribution in [2.24, 2.45) is 5.73 Å². The van der Waals surface area contributed by atoms with Crippen LogP contribution in [0.5, 0.6) is 5.75 Å². The van der Waals surface area contributed by atoms with E-state index in [0.717, 1.165) is 9.87 Å². The fourth-order valence-corrected chi connectivity index (χ4v) is 4.35. The Morgan fingerprint density at radius 3 is 2.28 bits per heavy atom. The number of nitrogens with one attached hydrogen (secondary N) is 1. The number of phenols is 1. The van der Waals surface area contributed by atoms with Gasteiger partial charge in [-0.25, -0.2) is 8.42 Å². The van der Waals surface area contributed by atoms with Gasteiger partial charge >= 0.3 is 0 Å². The van der Waals surface area contributed by atoms with Gasteiger partial charge in [-0.1, -0.05) is 38.1 Å². The molecule has 2 rings (SSSR count). The number of hydrogen-bond acceptors (Lipinski definition) is 5. The summed E-state index contributed by atoms with van der Waals surface area (Å²) in [6.45, 7) is 3.90. The molecule has 0 amide bonds. The molecule has 0 spiro atoms. The Labute approximate surface area is 178 Å².